The minimum atomic E-state index is -4.34. The lowest BCUT2D eigenvalue weighted by molar-refractivity contribution is -0.137. The van der Waals surface area contributed by atoms with Crippen molar-refractivity contribution in [2.45, 2.75) is 36.7 Å². The molecule has 0 spiro atoms. The first-order valence-corrected chi connectivity index (χ1v) is 9.79. The number of halogens is 3. The van der Waals surface area contributed by atoms with Gasteiger partial charge in [-0.2, -0.15) is 24.9 Å². The molecule has 0 amide bonds. The van der Waals surface area contributed by atoms with Crippen LogP contribution in [-0.4, -0.2) is 43.8 Å². The molecule has 0 radical (unpaired) electrons. The summed E-state index contributed by atoms with van der Waals surface area (Å²) in [5, 5.41) is 6.49. The van der Waals surface area contributed by atoms with Crippen LogP contribution in [-0.2, 0) is 10.9 Å². The lowest BCUT2D eigenvalue weighted by Crippen LogP contribution is -2.48. The Labute approximate surface area is 157 Å². The number of rotatable bonds is 5. The summed E-state index contributed by atoms with van der Waals surface area (Å²) in [4.78, 5) is 4.21. The molecular weight excluding hydrogens is 363 g/mol. The molecule has 0 bridgehead atoms. The monoisotopic (exact) mass is 389 g/mol. The standard InChI is InChI=1S/C18H26F3N3OS/c1-13(14-5-4-6-15(11-14)18(19,20)21)24-16(22-2)23-12-17(26-3)7-9-25-10-8-17/h4-6,11,13H,7-10,12H2,1-3H3,(H2,22,23,24). The smallest absolute Gasteiger partial charge is 0.381 e. The molecule has 0 aliphatic carbocycles. The van der Waals surface area contributed by atoms with E-state index in [1.54, 1.807) is 13.1 Å². The fourth-order valence-corrected chi connectivity index (χ4v) is 3.70. The van der Waals surface area contributed by atoms with Gasteiger partial charge in [0.2, 0.25) is 0 Å². The first-order valence-electron chi connectivity index (χ1n) is 8.57. The second-order valence-corrected chi connectivity index (χ2v) is 7.69. The van der Waals surface area contributed by atoms with Gasteiger partial charge in [0.1, 0.15) is 0 Å². The van der Waals surface area contributed by atoms with E-state index in [9.17, 15) is 13.2 Å². The van der Waals surface area contributed by atoms with Crippen LogP contribution < -0.4 is 10.6 Å². The number of hydrogen-bond donors (Lipinski definition) is 2. The SMILES string of the molecule is CN=C(NCC1(SC)CCOCC1)NC(C)c1cccc(C(F)(F)F)c1. The number of ether oxygens (including phenoxy) is 1. The molecular formula is C18H26F3N3OS. The molecule has 1 fully saturated rings. The van der Waals surface area contributed by atoms with Crippen LogP contribution >= 0.6 is 11.8 Å². The van der Waals surface area contributed by atoms with Crippen molar-refractivity contribution >= 4 is 17.7 Å². The van der Waals surface area contributed by atoms with Gasteiger partial charge in [-0.3, -0.25) is 4.99 Å². The molecule has 1 heterocycles. The van der Waals surface area contributed by atoms with Gasteiger partial charge in [-0.15, -0.1) is 0 Å². The average Bonchev–Trinajstić information content (AvgIpc) is 2.65. The Kier molecular flexibility index (Phi) is 7.23. The Bertz CT molecular complexity index is 616. The molecule has 1 aliphatic heterocycles. The number of nitrogens with one attached hydrogen (secondary N) is 2. The molecule has 2 N–H and O–H groups in total. The lowest BCUT2D eigenvalue weighted by Gasteiger charge is -2.36. The first-order chi connectivity index (χ1) is 12.3. The van der Waals surface area contributed by atoms with E-state index in [-0.39, 0.29) is 10.8 Å². The average molecular weight is 389 g/mol. The highest BCUT2D eigenvalue weighted by atomic mass is 32.2. The fourth-order valence-electron chi connectivity index (χ4n) is 2.91. The number of alkyl halides is 3. The Morgan fingerprint density at radius 3 is 2.62 bits per heavy atom. The molecule has 26 heavy (non-hydrogen) atoms. The molecule has 1 saturated heterocycles. The Hall–Kier alpha value is -1.41. The third kappa shape index (κ3) is 5.54. The Morgan fingerprint density at radius 2 is 2.04 bits per heavy atom. The number of guanidine groups is 1. The van der Waals surface area contributed by atoms with E-state index in [1.165, 1.54) is 12.1 Å². The minimum absolute atomic E-state index is 0.0926. The zero-order valence-electron chi connectivity index (χ0n) is 15.3. The second kappa shape index (κ2) is 8.99. The van der Waals surface area contributed by atoms with Crippen molar-refractivity contribution in [3.8, 4) is 0 Å². The third-order valence-electron chi connectivity index (χ3n) is 4.71. The Morgan fingerprint density at radius 1 is 1.35 bits per heavy atom. The maximum Gasteiger partial charge on any atom is 0.416 e. The number of benzene rings is 1. The summed E-state index contributed by atoms with van der Waals surface area (Å²) >= 11 is 1.82. The van der Waals surface area contributed by atoms with Gasteiger partial charge in [0.15, 0.2) is 5.96 Å². The first kappa shape index (κ1) is 20.9. The molecule has 1 aliphatic rings. The highest BCUT2D eigenvalue weighted by molar-refractivity contribution is 8.00. The van der Waals surface area contributed by atoms with Crippen LogP contribution in [0.25, 0.3) is 0 Å². The summed E-state index contributed by atoms with van der Waals surface area (Å²) in [6.45, 7) is 4.04. The van der Waals surface area contributed by atoms with Crippen LogP contribution in [0, 0.1) is 0 Å². The Balaban J connectivity index is 1.99. The quantitative estimate of drug-likeness (QED) is 0.593. The van der Waals surface area contributed by atoms with E-state index < -0.39 is 11.7 Å². The molecule has 2 rings (SSSR count). The van der Waals surface area contributed by atoms with Crippen LogP contribution in [0.1, 0.15) is 36.9 Å². The van der Waals surface area contributed by atoms with Gasteiger partial charge in [0, 0.05) is 31.6 Å². The van der Waals surface area contributed by atoms with Crippen molar-refractivity contribution < 1.29 is 17.9 Å². The van der Waals surface area contributed by atoms with Gasteiger partial charge in [0.05, 0.1) is 11.6 Å². The second-order valence-electron chi connectivity index (χ2n) is 6.41. The van der Waals surface area contributed by atoms with Crippen molar-refractivity contribution in [3.63, 3.8) is 0 Å². The van der Waals surface area contributed by atoms with E-state index in [4.69, 9.17) is 4.74 Å². The van der Waals surface area contributed by atoms with Crippen LogP contribution in [0.5, 0.6) is 0 Å². The molecule has 8 heteroatoms. The van der Waals surface area contributed by atoms with Crippen LogP contribution in [0.4, 0.5) is 13.2 Å². The maximum absolute atomic E-state index is 12.9. The molecule has 1 unspecified atom stereocenters. The van der Waals surface area contributed by atoms with Crippen molar-refractivity contribution in [2.75, 3.05) is 33.1 Å². The van der Waals surface area contributed by atoms with E-state index in [0.717, 1.165) is 38.7 Å². The third-order valence-corrected chi connectivity index (χ3v) is 6.12. The summed E-state index contributed by atoms with van der Waals surface area (Å²) < 4.78 is 44.2. The highest BCUT2D eigenvalue weighted by Gasteiger charge is 2.32. The summed E-state index contributed by atoms with van der Waals surface area (Å²) in [7, 11) is 1.66. The van der Waals surface area contributed by atoms with Gasteiger partial charge >= 0.3 is 6.18 Å². The van der Waals surface area contributed by atoms with Gasteiger partial charge in [0.25, 0.3) is 0 Å². The zero-order chi connectivity index (χ0) is 19.2. The number of aliphatic imine (C=N–C) groups is 1. The fraction of sp³-hybridized carbons (Fsp3) is 0.611. The van der Waals surface area contributed by atoms with Crippen LogP contribution in [0.15, 0.2) is 29.3 Å². The topological polar surface area (TPSA) is 45.7 Å². The number of hydrogen-bond acceptors (Lipinski definition) is 3. The molecule has 1 aromatic carbocycles. The summed E-state index contributed by atoms with van der Waals surface area (Å²) in [6.07, 6.45) is -0.333. The van der Waals surface area contributed by atoms with E-state index in [2.05, 4.69) is 21.9 Å². The summed E-state index contributed by atoms with van der Waals surface area (Å²) in [5.41, 5.74) is -0.0800. The summed E-state index contributed by atoms with van der Waals surface area (Å²) in [5.74, 6) is 0.579. The van der Waals surface area contributed by atoms with Crippen molar-refractivity contribution in [3.05, 3.63) is 35.4 Å². The van der Waals surface area contributed by atoms with Gasteiger partial charge in [-0.1, -0.05) is 12.1 Å². The zero-order valence-corrected chi connectivity index (χ0v) is 16.1. The van der Waals surface area contributed by atoms with Crippen LogP contribution in [0.3, 0.4) is 0 Å². The molecule has 0 aromatic heterocycles. The van der Waals surface area contributed by atoms with E-state index >= 15 is 0 Å². The van der Waals surface area contributed by atoms with E-state index in [0.29, 0.717) is 11.5 Å². The van der Waals surface area contributed by atoms with Gasteiger partial charge in [-0.25, -0.2) is 0 Å². The predicted molar refractivity (Wildman–Crippen MR) is 101 cm³/mol. The van der Waals surface area contributed by atoms with Gasteiger partial charge in [-0.05, 0) is 43.7 Å². The van der Waals surface area contributed by atoms with Crippen LogP contribution in [0.2, 0.25) is 0 Å². The summed E-state index contributed by atoms with van der Waals surface area (Å²) in [6, 6.07) is 5.06. The molecule has 4 nitrogen and oxygen atoms in total. The molecule has 0 saturated carbocycles. The highest BCUT2D eigenvalue weighted by Crippen LogP contribution is 2.33. The minimum Gasteiger partial charge on any atom is -0.381 e. The van der Waals surface area contributed by atoms with Crippen molar-refractivity contribution in [2.24, 2.45) is 4.99 Å². The lowest BCUT2D eigenvalue weighted by atomic mass is 9.99. The molecule has 1 atom stereocenters. The molecule has 1 aromatic rings. The van der Waals surface area contributed by atoms with Gasteiger partial charge < -0.3 is 15.4 Å². The van der Waals surface area contributed by atoms with Crippen molar-refractivity contribution in [1.29, 1.82) is 0 Å². The maximum atomic E-state index is 12.9. The number of nitrogens with zero attached hydrogens (tertiary/aromatic N) is 1. The molecule has 146 valence electrons. The van der Waals surface area contributed by atoms with E-state index in [1.807, 2.05) is 18.7 Å². The normalized spacial score (nSPS) is 19.1. The number of thioether (sulfide) groups is 1. The largest absolute Gasteiger partial charge is 0.416 e. The van der Waals surface area contributed by atoms with Crippen molar-refractivity contribution in [1.82, 2.24) is 10.6 Å². The predicted octanol–water partition coefficient (Wildman–Crippen LogP) is 3.84.